The molecule has 1 fully saturated rings. The summed E-state index contributed by atoms with van der Waals surface area (Å²) in [6.45, 7) is 9.14. The molecule has 1 aromatic heterocycles. The molecule has 1 aliphatic carbocycles. The third-order valence-electron chi connectivity index (χ3n) is 3.42. The fourth-order valence-electron chi connectivity index (χ4n) is 2.42. The molecule has 0 spiro atoms. The van der Waals surface area contributed by atoms with Gasteiger partial charge in [0.05, 0.1) is 27.7 Å². The van der Waals surface area contributed by atoms with E-state index in [1.807, 2.05) is 27.7 Å². The summed E-state index contributed by atoms with van der Waals surface area (Å²) in [5, 5.41) is 4.12. The summed E-state index contributed by atoms with van der Waals surface area (Å²) in [7, 11) is 6.62. The Hall–Kier alpha value is -0.900. The molecule has 4 nitrogen and oxygen atoms in total. The van der Waals surface area contributed by atoms with E-state index in [1.54, 1.807) is 0 Å². The SMILES string of the molecule is CC.CC.C[N+](C)(C)CCCc1nc(C2CCCC2)no1. The van der Waals surface area contributed by atoms with Crippen molar-refractivity contribution in [2.45, 2.75) is 72.1 Å². The predicted molar refractivity (Wildman–Crippen MR) is 89.4 cm³/mol. The number of hydrogen-bond donors (Lipinski definition) is 0. The molecule has 0 unspecified atom stereocenters. The van der Waals surface area contributed by atoms with Crippen molar-refractivity contribution >= 4 is 0 Å². The maximum Gasteiger partial charge on any atom is 0.226 e. The molecule has 0 atom stereocenters. The highest BCUT2D eigenvalue weighted by Gasteiger charge is 2.22. The molecule has 0 saturated heterocycles. The first-order valence-electron chi connectivity index (χ1n) is 8.67. The number of aryl methyl sites for hydroxylation is 1. The molecule has 1 heterocycles. The molecule has 124 valence electrons. The highest BCUT2D eigenvalue weighted by atomic mass is 16.5. The fourth-order valence-corrected chi connectivity index (χ4v) is 2.42. The molecule has 0 aliphatic heterocycles. The Labute approximate surface area is 131 Å². The zero-order valence-corrected chi connectivity index (χ0v) is 15.3. The second kappa shape index (κ2) is 10.8. The second-order valence-electron chi connectivity index (χ2n) is 6.15. The van der Waals surface area contributed by atoms with Gasteiger partial charge in [0, 0.05) is 18.8 Å². The van der Waals surface area contributed by atoms with Crippen molar-refractivity contribution in [3.05, 3.63) is 11.7 Å². The Morgan fingerprint density at radius 3 is 2.14 bits per heavy atom. The highest BCUT2D eigenvalue weighted by molar-refractivity contribution is 4.97. The Bertz CT molecular complexity index is 349. The average Bonchev–Trinajstić information content (AvgIpc) is 3.12. The van der Waals surface area contributed by atoms with E-state index in [2.05, 4.69) is 31.3 Å². The molecule has 0 radical (unpaired) electrons. The maximum atomic E-state index is 5.32. The first-order chi connectivity index (χ1) is 10.0. The van der Waals surface area contributed by atoms with Gasteiger partial charge in [-0.15, -0.1) is 0 Å². The van der Waals surface area contributed by atoms with Crippen LogP contribution in [0.4, 0.5) is 0 Å². The quantitative estimate of drug-likeness (QED) is 0.755. The van der Waals surface area contributed by atoms with Crippen LogP contribution in [0, 0.1) is 0 Å². The van der Waals surface area contributed by atoms with E-state index < -0.39 is 0 Å². The maximum absolute atomic E-state index is 5.32. The summed E-state index contributed by atoms with van der Waals surface area (Å²) in [5.41, 5.74) is 0. The smallest absolute Gasteiger partial charge is 0.226 e. The lowest BCUT2D eigenvalue weighted by atomic mass is 10.1. The van der Waals surface area contributed by atoms with Crippen molar-refractivity contribution in [1.29, 1.82) is 0 Å². The van der Waals surface area contributed by atoms with Gasteiger partial charge in [-0.25, -0.2) is 0 Å². The summed E-state index contributed by atoms with van der Waals surface area (Å²) in [5.74, 6) is 2.33. The van der Waals surface area contributed by atoms with Crippen LogP contribution in [0.2, 0.25) is 0 Å². The summed E-state index contributed by atoms with van der Waals surface area (Å²) in [6, 6.07) is 0. The van der Waals surface area contributed by atoms with Crippen LogP contribution >= 0.6 is 0 Å². The first kappa shape index (κ1) is 20.1. The van der Waals surface area contributed by atoms with Crippen molar-refractivity contribution in [2.75, 3.05) is 27.7 Å². The monoisotopic (exact) mass is 298 g/mol. The lowest BCUT2D eigenvalue weighted by Crippen LogP contribution is -2.35. The number of aromatic nitrogens is 2. The lowest BCUT2D eigenvalue weighted by molar-refractivity contribution is -0.870. The van der Waals surface area contributed by atoms with Crippen molar-refractivity contribution in [2.24, 2.45) is 0 Å². The summed E-state index contributed by atoms with van der Waals surface area (Å²) in [4.78, 5) is 4.53. The number of rotatable bonds is 5. The molecule has 0 aromatic carbocycles. The average molecular weight is 298 g/mol. The summed E-state index contributed by atoms with van der Waals surface area (Å²) < 4.78 is 6.31. The van der Waals surface area contributed by atoms with Gasteiger partial charge in [0.1, 0.15) is 0 Å². The molecule has 0 amide bonds. The van der Waals surface area contributed by atoms with Crippen LogP contribution in [0.25, 0.3) is 0 Å². The third-order valence-corrected chi connectivity index (χ3v) is 3.42. The standard InChI is InChI=1S/C13H24N3O.2C2H6/c1-16(2,3)10-6-9-12-14-13(15-17-12)11-7-4-5-8-11;2*1-2/h11H,4-10H2,1-3H3;2*1-2H3/q+1;;. The molecular formula is C17H36N3O+. The highest BCUT2D eigenvalue weighted by Crippen LogP contribution is 2.32. The van der Waals surface area contributed by atoms with E-state index in [0.29, 0.717) is 5.92 Å². The van der Waals surface area contributed by atoms with Gasteiger partial charge in [0.15, 0.2) is 5.82 Å². The van der Waals surface area contributed by atoms with Gasteiger partial charge in [-0.2, -0.15) is 4.98 Å². The minimum Gasteiger partial charge on any atom is -0.339 e. The van der Waals surface area contributed by atoms with Crippen LogP contribution in [0.1, 0.15) is 77.4 Å². The van der Waals surface area contributed by atoms with Crippen molar-refractivity contribution in [3.63, 3.8) is 0 Å². The molecular weight excluding hydrogens is 262 g/mol. The third kappa shape index (κ3) is 8.20. The second-order valence-corrected chi connectivity index (χ2v) is 6.15. The summed E-state index contributed by atoms with van der Waals surface area (Å²) >= 11 is 0. The Morgan fingerprint density at radius 1 is 1.05 bits per heavy atom. The van der Waals surface area contributed by atoms with Gasteiger partial charge in [0.2, 0.25) is 5.89 Å². The van der Waals surface area contributed by atoms with E-state index >= 15 is 0 Å². The van der Waals surface area contributed by atoms with Crippen LogP contribution in [-0.2, 0) is 6.42 Å². The number of quaternary nitrogens is 1. The molecule has 0 bridgehead atoms. The topological polar surface area (TPSA) is 38.9 Å². The zero-order chi connectivity index (χ0) is 16.3. The van der Waals surface area contributed by atoms with Crippen molar-refractivity contribution in [3.8, 4) is 0 Å². The molecule has 1 aliphatic rings. The van der Waals surface area contributed by atoms with Gasteiger partial charge in [-0.3, -0.25) is 0 Å². The van der Waals surface area contributed by atoms with E-state index in [1.165, 1.54) is 25.7 Å². The van der Waals surface area contributed by atoms with Crippen molar-refractivity contribution in [1.82, 2.24) is 10.1 Å². The van der Waals surface area contributed by atoms with Crippen LogP contribution in [0.3, 0.4) is 0 Å². The van der Waals surface area contributed by atoms with Crippen molar-refractivity contribution < 1.29 is 9.01 Å². The normalized spacial score (nSPS) is 15.0. The first-order valence-corrected chi connectivity index (χ1v) is 8.67. The Morgan fingerprint density at radius 2 is 1.62 bits per heavy atom. The molecule has 4 heteroatoms. The minimum absolute atomic E-state index is 0.561. The van der Waals surface area contributed by atoms with Crippen LogP contribution in [-0.4, -0.2) is 42.3 Å². The molecule has 21 heavy (non-hydrogen) atoms. The Balaban J connectivity index is 0.000000921. The van der Waals surface area contributed by atoms with Crippen LogP contribution in [0.15, 0.2) is 4.52 Å². The van der Waals surface area contributed by atoms with Gasteiger partial charge in [0.25, 0.3) is 0 Å². The van der Waals surface area contributed by atoms with Crippen LogP contribution < -0.4 is 0 Å². The van der Waals surface area contributed by atoms with E-state index in [9.17, 15) is 0 Å². The largest absolute Gasteiger partial charge is 0.339 e. The van der Waals surface area contributed by atoms with E-state index in [4.69, 9.17) is 4.52 Å². The van der Waals surface area contributed by atoms with Gasteiger partial charge < -0.3 is 9.01 Å². The van der Waals surface area contributed by atoms with Gasteiger partial charge in [-0.1, -0.05) is 45.7 Å². The predicted octanol–water partition coefficient (Wildman–Crippen LogP) is 4.42. The number of nitrogens with zero attached hydrogens (tertiary/aromatic N) is 3. The van der Waals surface area contributed by atoms with E-state index in [0.717, 1.165) is 35.6 Å². The lowest BCUT2D eigenvalue weighted by Gasteiger charge is -2.23. The fraction of sp³-hybridized carbons (Fsp3) is 0.882. The van der Waals surface area contributed by atoms with Gasteiger partial charge >= 0.3 is 0 Å². The number of hydrogen-bond acceptors (Lipinski definition) is 3. The Kier molecular flexibility index (Phi) is 10.3. The zero-order valence-electron chi connectivity index (χ0n) is 15.3. The molecule has 0 N–H and O–H groups in total. The van der Waals surface area contributed by atoms with E-state index in [-0.39, 0.29) is 0 Å². The molecule has 1 aromatic rings. The summed E-state index contributed by atoms with van der Waals surface area (Å²) in [6.07, 6.45) is 7.12. The van der Waals surface area contributed by atoms with Gasteiger partial charge in [-0.05, 0) is 12.8 Å². The molecule has 2 rings (SSSR count). The molecule has 1 saturated carbocycles. The van der Waals surface area contributed by atoms with Crippen LogP contribution in [0.5, 0.6) is 0 Å². The minimum atomic E-state index is 0.561.